The molecule has 4 atom stereocenters. The molecule has 0 amide bonds. The lowest BCUT2D eigenvalue weighted by Crippen LogP contribution is -2.36. The smallest absolute Gasteiger partial charge is 0.391 e. The highest BCUT2D eigenvalue weighted by Crippen LogP contribution is 2.54. The molecule has 0 saturated heterocycles. The SMILES string of the molecule is FC(F)(F)C1=NO[C@H]2[C@H]3CC[C@@H](C3)[C@H]12. The fourth-order valence-electron chi connectivity index (χ4n) is 3.19. The van der Waals surface area contributed by atoms with E-state index in [1.54, 1.807) is 0 Å². The lowest BCUT2D eigenvalue weighted by molar-refractivity contribution is -0.0633. The van der Waals surface area contributed by atoms with E-state index < -0.39 is 17.8 Å². The van der Waals surface area contributed by atoms with Crippen LogP contribution in [0.15, 0.2) is 5.16 Å². The molecule has 1 heterocycles. The number of fused-ring (bicyclic) bond motifs is 5. The number of halogens is 3. The minimum Gasteiger partial charge on any atom is -0.391 e. The molecule has 0 aromatic rings. The molecule has 2 fully saturated rings. The Balaban J connectivity index is 1.91. The van der Waals surface area contributed by atoms with Crippen LogP contribution in [0.3, 0.4) is 0 Å². The molecule has 0 spiro atoms. The van der Waals surface area contributed by atoms with E-state index in [9.17, 15) is 13.2 Å². The van der Waals surface area contributed by atoms with E-state index in [0.717, 1.165) is 19.3 Å². The summed E-state index contributed by atoms with van der Waals surface area (Å²) in [5.41, 5.74) is -0.672. The van der Waals surface area contributed by atoms with Gasteiger partial charge in [0.1, 0.15) is 6.10 Å². The van der Waals surface area contributed by atoms with Gasteiger partial charge in [0.2, 0.25) is 0 Å². The maximum atomic E-state index is 12.5. The second kappa shape index (κ2) is 2.44. The average Bonchev–Trinajstić information content (AvgIpc) is 2.74. The molecule has 0 aromatic heterocycles. The monoisotopic (exact) mass is 205 g/mol. The third kappa shape index (κ3) is 0.953. The number of hydrogen-bond donors (Lipinski definition) is 0. The molecule has 1 aliphatic heterocycles. The van der Waals surface area contributed by atoms with Gasteiger partial charge >= 0.3 is 6.18 Å². The summed E-state index contributed by atoms with van der Waals surface area (Å²) in [5.74, 6) is 0.00947. The van der Waals surface area contributed by atoms with Crippen molar-refractivity contribution < 1.29 is 18.0 Å². The maximum Gasteiger partial charge on any atom is 0.433 e. The van der Waals surface area contributed by atoms with E-state index in [1.165, 1.54) is 0 Å². The summed E-state index contributed by atoms with van der Waals surface area (Å²) in [7, 11) is 0. The average molecular weight is 205 g/mol. The first kappa shape index (κ1) is 8.56. The highest BCUT2D eigenvalue weighted by atomic mass is 19.4. The van der Waals surface area contributed by atoms with Gasteiger partial charge in [-0.25, -0.2) is 0 Å². The molecule has 78 valence electrons. The molecule has 14 heavy (non-hydrogen) atoms. The third-order valence-corrected chi connectivity index (χ3v) is 3.72. The Labute approximate surface area is 79.1 Å². The van der Waals surface area contributed by atoms with Crippen LogP contribution in [0.25, 0.3) is 0 Å². The molecule has 2 nitrogen and oxygen atoms in total. The molecule has 0 aromatic carbocycles. The first-order valence-corrected chi connectivity index (χ1v) is 4.88. The van der Waals surface area contributed by atoms with Crippen molar-refractivity contribution in [1.29, 1.82) is 0 Å². The fourth-order valence-corrected chi connectivity index (χ4v) is 3.19. The summed E-state index contributed by atoms with van der Waals surface area (Å²) in [5, 5.41) is 3.22. The molecular formula is C9H10F3NO. The normalized spacial score (nSPS) is 44.9. The summed E-state index contributed by atoms with van der Waals surface area (Å²) < 4.78 is 37.5. The third-order valence-electron chi connectivity index (χ3n) is 3.72. The van der Waals surface area contributed by atoms with Crippen molar-refractivity contribution in [2.75, 3.05) is 0 Å². The Morgan fingerprint density at radius 2 is 1.93 bits per heavy atom. The highest BCUT2D eigenvalue weighted by molar-refractivity contribution is 5.93. The van der Waals surface area contributed by atoms with Crippen LogP contribution in [0, 0.1) is 17.8 Å². The van der Waals surface area contributed by atoms with Gasteiger partial charge in [0.15, 0.2) is 5.71 Å². The Kier molecular flexibility index (Phi) is 1.49. The lowest BCUT2D eigenvalue weighted by Gasteiger charge is -2.23. The first-order chi connectivity index (χ1) is 6.57. The van der Waals surface area contributed by atoms with Gasteiger partial charge in [-0.15, -0.1) is 0 Å². The quantitative estimate of drug-likeness (QED) is 0.594. The predicted molar refractivity (Wildman–Crippen MR) is 42.7 cm³/mol. The number of rotatable bonds is 0. The van der Waals surface area contributed by atoms with Gasteiger partial charge in [0.25, 0.3) is 0 Å². The zero-order valence-electron chi connectivity index (χ0n) is 7.42. The first-order valence-electron chi connectivity index (χ1n) is 4.88. The molecule has 3 rings (SSSR count). The van der Waals surface area contributed by atoms with Crippen molar-refractivity contribution in [3.8, 4) is 0 Å². The van der Waals surface area contributed by atoms with E-state index in [1.807, 2.05) is 0 Å². The fraction of sp³-hybridized carbons (Fsp3) is 0.889. The van der Waals surface area contributed by atoms with Crippen molar-refractivity contribution in [3.63, 3.8) is 0 Å². The zero-order chi connectivity index (χ0) is 9.92. The molecule has 3 aliphatic rings. The van der Waals surface area contributed by atoms with E-state index in [4.69, 9.17) is 4.84 Å². The van der Waals surface area contributed by atoms with Crippen LogP contribution in [0.5, 0.6) is 0 Å². The minimum absolute atomic E-state index is 0.160. The Bertz CT molecular complexity index is 299. The van der Waals surface area contributed by atoms with Crippen LogP contribution >= 0.6 is 0 Å². The largest absolute Gasteiger partial charge is 0.433 e. The van der Waals surface area contributed by atoms with Crippen LogP contribution < -0.4 is 0 Å². The highest BCUT2D eigenvalue weighted by Gasteiger charge is 2.60. The van der Waals surface area contributed by atoms with Crippen LogP contribution in [-0.4, -0.2) is 18.0 Å². The van der Waals surface area contributed by atoms with Gasteiger partial charge in [-0.3, -0.25) is 0 Å². The molecule has 5 heteroatoms. The topological polar surface area (TPSA) is 21.6 Å². The Morgan fingerprint density at radius 3 is 2.64 bits per heavy atom. The van der Waals surface area contributed by atoms with Crippen LogP contribution in [0.2, 0.25) is 0 Å². The standard InChI is InChI=1S/C9H10F3NO/c10-9(11,12)8-6-4-1-2-5(3-4)7(6)14-13-8/h4-7H,1-3H2/t4-,5-,6-,7-/m0/s1. The maximum absolute atomic E-state index is 12.5. The van der Waals surface area contributed by atoms with Crippen LogP contribution in [0.1, 0.15) is 19.3 Å². The van der Waals surface area contributed by atoms with E-state index in [0.29, 0.717) is 5.92 Å². The minimum atomic E-state index is -4.30. The van der Waals surface area contributed by atoms with Gasteiger partial charge in [-0.2, -0.15) is 13.2 Å². The second-order valence-corrected chi connectivity index (χ2v) is 4.40. The molecule has 0 unspecified atom stereocenters. The number of oxime groups is 1. The van der Waals surface area contributed by atoms with Crippen molar-refractivity contribution in [2.24, 2.45) is 22.9 Å². The van der Waals surface area contributed by atoms with Gasteiger partial charge in [0.05, 0.1) is 5.92 Å². The summed E-state index contributed by atoms with van der Waals surface area (Å²) in [6.45, 7) is 0. The Morgan fingerprint density at radius 1 is 1.21 bits per heavy atom. The van der Waals surface area contributed by atoms with Crippen molar-refractivity contribution >= 4 is 5.71 Å². The lowest BCUT2D eigenvalue weighted by atomic mass is 9.83. The van der Waals surface area contributed by atoms with Crippen molar-refractivity contribution in [3.05, 3.63) is 0 Å². The molecule has 2 saturated carbocycles. The number of hydrogen-bond acceptors (Lipinski definition) is 2. The van der Waals surface area contributed by atoms with Gasteiger partial charge in [-0.1, -0.05) is 5.16 Å². The molecule has 0 N–H and O–H groups in total. The summed E-state index contributed by atoms with van der Waals surface area (Å²) in [4.78, 5) is 4.92. The van der Waals surface area contributed by atoms with Gasteiger partial charge < -0.3 is 4.84 Å². The van der Waals surface area contributed by atoms with Gasteiger partial charge in [-0.05, 0) is 31.1 Å². The second-order valence-electron chi connectivity index (χ2n) is 4.40. The number of nitrogens with zero attached hydrogens (tertiary/aromatic N) is 1. The van der Waals surface area contributed by atoms with Crippen molar-refractivity contribution in [2.45, 2.75) is 31.5 Å². The molecule has 0 radical (unpaired) electrons. The van der Waals surface area contributed by atoms with Gasteiger partial charge in [0, 0.05) is 0 Å². The number of alkyl halides is 3. The predicted octanol–water partition coefficient (Wildman–Crippen LogP) is 2.35. The molecule has 2 aliphatic carbocycles. The molecular weight excluding hydrogens is 195 g/mol. The summed E-state index contributed by atoms with van der Waals surface area (Å²) in [6, 6.07) is 0. The summed E-state index contributed by atoms with van der Waals surface area (Å²) >= 11 is 0. The van der Waals surface area contributed by atoms with E-state index in [2.05, 4.69) is 5.16 Å². The van der Waals surface area contributed by atoms with E-state index >= 15 is 0 Å². The zero-order valence-corrected chi connectivity index (χ0v) is 7.42. The van der Waals surface area contributed by atoms with Crippen LogP contribution in [-0.2, 0) is 4.84 Å². The van der Waals surface area contributed by atoms with Crippen molar-refractivity contribution in [1.82, 2.24) is 0 Å². The molecule has 2 bridgehead atoms. The van der Waals surface area contributed by atoms with Crippen LogP contribution in [0.4, 0.5) is 13.2 Å². The Hall–Kier alpha value is -0.740. The van der Waals surface area contributed by atoms with E-state index in [-0.39, 0.29) is 12.0 Å². The summed E-state index contributed by atoms with van der Waals surface area (Å²) in [6.07, 6.45) is -1.77.